The topological polar surface area (TPSA) is 129 Å². The number of guanidine groups is 1. The van der Waals surface area contributed by atoms with E-state index in [1.165, 1.54) is 0 Å². The van der Waals surface area contributed by atoms with Crippen LogP contribution in [0.1, 0.15) is 30.9 Å². The minimum atomic E-state index is -0.582. The molecule has 1 amide bonds. The van der Waals surface area contributed by atoms with Crippen molar-refractivity contribution in [1.82, 2.24) is 5.32 Å². The van der Waals surface area contributed by atoms with Crippen molar-refractivity contribution in [3.05, 3.63) is 29.3 Å². The van der Waals surface area contributed by atoms with Crippen LogP contribution in [0.15, 0.2) is 23.2 Å². The lowest BCUT2D eigenvalue weighted by Crippen LogP contribution is -2.46. The van der Waals surface area contributed by atoms with Crippen LogP contribution < -0.4 is 27.3 Å². The van der Waals surface area contributed by atoms with Gasteiger partial charge in [-0.1, -0.05) is 18.2 Å². The largest absolute Gasteiger partial charge is 0.491 e. The Morgan fingerprint density at radius 3 is 2.50 bits per heavy atom. The Hall–Kier alpha value is -2.28. The van der Waals surface area contributed by atoms with Crippen LogP contribution in [-0.4, -0.2) is 37.1 Å². The highest BCUT2D eigenvalue weighted by molar-refractivity contribution is 5.81. The summed E-state index contributed by atoms with van der Waals surface area (Å²) in [6.45, 7) is 6.74. The number of nitrogens with zero attached hydrogens (tertiary/aromatic N) is 1. The monoisotopic (exact) mass is 335 g/mol. The molecular weight excluding hydrogens is 306 g/mol. The molecule has 0 fully saturated rings. The van der Waals surface area contributed by atoms with Crippen LogP contribution >= 0.6 is 0 Å². The van der Waals surface area contributed by atoms with E-state index in [1.54, 1.807) is 0 Å². The summed E-state index contributed by atoms with van der Waals surface area (Å²) in [5.41, 5.74) is 18.5. The number of hydrogen-bond donors (Lipinski definition) is 4. The highest BCUT2D eigenvalue weighted by Gasteiger charge is 2.16. The van der Waals surface area contributed by atoms with Gasteiger partial charge in [0.05, 0.1) is 12.1 Å². The zero-order chi connectivity index (χ0) is 18.1. The molecule has 0 heterocycles. The van der Waals surface area contributed by atoms with Gasteiger partial charge >= 0.3 is 0 Å². The third kappa shape index (κ3) is 6.87. The molecular formula is C17H29N5O2. The Morgan fingerprint density at radius 2 is 1.92 bits per heavy atom. The van der Waals surface area contributed by atoms with Crippen molar-refractivity contribution in [1.29, 1.82) is 0 Å². The lowest BCUT2D eigenvalue weighted by atomic mass is 10.1. The molecule has 1 unspecified atom stereocenters. The van der Waals surface area contributed by atoms with Gasteiger partial charge in [-0.05, 0) is 44.7 Å². The molecule has 2 atom stereocenters. The maximum atomic E-state index is 12.0. The van der Waals surface area contributed by atoms with Gasteiger partial charge in [0, 0.05) is 6.54 Å². The number of hydrogen-bond acceptors (Lipinski definition) is 4. The first-order valence-corrected chi connectivity index (χ1v) is 8.11. The van der Waals surface area contributed by atoms with E-state index in [2.05, 4.69) is 10.3 Å². The first kappa shape index (κ1) is 19.8. The highest BCUT2D eigenvalue weighted by atomic mass is 16.5. The fourth-order valence-electron chi connectivity index (χ4n) is 2.28. The Balaban J connectivity index is 2.37. The predicted octanol–water partition coefficient (Wildman–Crippen LogP) is 0.568. The molecule has 0 spiro atoms. The average Bonchev–Trinajstić information content (AvgIpc) is 2.50. The van der Waals surface area contributed by atoms with Crippen molar-refractivity contribution in [2.75, 3.05) is 13.2 Å². The van der Waals surface area contributed by atoms with Gasteiger partial charge in [0.2, 0.25) is 5.91 Å². The van der Waals surface area contributed by atoms with E-state index < -0.39 is 6.04 Å². The number of carbonyl (C=O) groups is 1. The summed E-state index contributed by atoms with van der Waals surface area (Å²) in [4.78, 5) is 15.9. The maximum absolute atomic E-state index is 12.0. The number of amides is 1. The molecule has 0 aliphatic heterocycles. The third-order valence-electron chi connectivity index (χ3n) is 3.58. The van der Waals surface area contributed by atoms with Gasteiger partial charge in [-0.2, -0.15) is 0 Å². The zero-order valence-corrected chi connectivity index (χ0v) is 14.7. The zero-order valence-electron chi connectivity index (χ0n) is 14.7. The average molecular weight is 335 g/mol. The number of aliphatic imine (C=N–C) groups is 1. The number of para-hydroxylation sites is 1. The lowest BCUT2D eigenvalue weighted by molar-refractivity contribution is -0.123. The molecule has 0 radical (unpaired) electrons. The van der Waals surface area contributed by atoms with Crippen molar-refractivity contribution in [3.8, 4) is 5.75 Å². The Kier molecular flexibility index (Phi) is 8.05. The van der Waals surface area contributed by atoms with Crippen molar-refractivity contribution < 1.29 is 9.53 Å². The van der Waals surface area contributed by atoms with Crippen LogP contribution in [0, 0.1) is 13.8 Å². The molecule has 24 heavy (non-hydrogen) atoms. The molecule has 1 rings (SSSR count). The van der Waals surface area contributed by atoms with Gasteiger partial charge in [-0.25, -0.2) is 0 Å². The van der Waals surface area contributed by atoms with Crippen LogP contribution in [0.4, 0.5) is 0 Å². The summed E-state index contributed by atoms with van der Waals surface area (Å²) in [6.07, 6.45) is 1.17. The van der Waals surface area contributed by atoms with E-state index in [1.807, 2.05) is 39.0 Å². The molecule has 134 valence electrons. The van der Waals surface area contributed by atoms with Crippen LogP contribution in [0.3, 0.4) is 0 Å². The second-order valence-electron chi connectivity index (χ2n) is 6.00. The minimum Gasteiger partial charge on any atom is -0.491 e. The minimum absolute atomic E-state index is 0.0466. The quantitative estimate of drug-likeness (QED) is 0.298. The van der Waals surface area contributed by atoms with Crippen molar-refractivity contribution in [2.45, 2.75) is 45.7 Å². The van der Waals surface area contributed by atoms with E-state index in [-0.39, 0.29) is 17.9 Å². The second kappa shape index (κ2) is 9.77. The Bertz CT molecular complexity index is 550. The number of carbonyl (C=O) groups excluding carboxylic acids is 1. The van der Waals surface area contributed by atoms with Gasteiger partial charge in [0.25, 0.3) is 0 Å². The van der Waals surface area contributed by atoms with Crippen LogP contribution in [0.2, 0.25) is 0 Å². The number of ether oxygens (including phenoxy) is 1. The number of rotatable bonds is 9. The molecule has 0 saturated carbocycles. The highest BCUT2D eigenvalue weighted by Crippen LogP contribution is 2.22. The van der Waals surface area contributed by atoms with Gasteiger partial charge in [0.15, 0.2) is 5.96 Å². The van der Waals surface area contributed by atoms with Gasteiger partial charge < -0.3 is 27.3 Å². The molecule has 1 aromatic rings. The summed E-state index contributed by atoms with van der Waals surface area (Å²) >= 11 is 0. The molecule has 0 aliphatic rings. The fourth-order valence-corrected chi connectivity index (χ4v) is 2.28. The number of aryl methyl sites for hydroxylation is 2. The third-order valence-corrected chi connectivity index (χ3v) is 3.58. The molecule has 0 aromatic heterocycles. The van der Waals surface area contributed by atoms with Crippen LogP contribution in [0.5, 0.6) is 5.75 Å². The van der Waals surface area contributed by atoms with Crippen LogP contribution in [-0.2, 0) is 4.79 Å². The maximum Gasteiger partial charge on any atom is 0.237 e. The predicted molar refractivity (Wildman–Crippen MR) is 96.9 cm³/mol. The van der Waals surface area contributed by atoms with Crippen molar-refractivity contribution in [2.24, 2.45) is 22.2 Å². The fraction of sp³-hybridized carbons (Fsp3) is 0.529. The summed E-state index contributed by atoms with van der Waals surface area (Å²) < 4.78 is 5.83. The van der Waals surface area contributed by atoms with Gasteiger partial charge in [-0.15, -0.1) is 0 Å². The van der Waals surface area contributed by atoms with Gasteiger partial charge in [0.1, 0.15) is 12.4 Å². The van der Waals surface area contributed by atoms with E-state index in [0.717, 1.165) is 16.9 Å². The molecule has 7 nitrogen and oxygen atoms in total. The van der Waals surface area contributed by atoms with E-state index in [9.17, 15) is 4.79 Å². The number of nitrogens with two attached hydrogens (primary N) is 3. The van der Waals surface area contributed by atoms with Crippen LogP contribution in [0.25, 0.3) is 0 Å². The summed E-state index contributed by atoms with van der Waals surface area (Å²) in [7, 11) is 0. The number of nitrogens with one attached hydrogen (secondary N) is 1. The normalized spacial score (nSPS) is 13.0. The molecule has 7 heteroatoms. The van der Waals surface area contributed by atoms with Crippen molar-refractivity contribution in [3.63, 3.8) is 0 Å². The van der Waals surface area contributed by atoms with E-state index >= 15 is 0 Å². The van der Waals surface area contributed by atoms with E-state index in [0.29, 0.717) is 26.0 Å². The number of benzene rings is 1. The summed E-state index contributed by atoms with van der Waals surface area (Å²) in [6, 6.07) is 5.27. The molecule has 7 N–H and O–H groups in total. The Morgan fingerprint density at radius 1 is 1.29 bits per heavy atom. The van der Waals surface area contributed by atoms with Gasteiger partial charge in [-0.3, -0.25) is 9.79 Å². The lowest BCUT2D eigenvalue weighted by Gasteiger charge is -2.19. The smallest absolute Gasteiger partial charge is 0.237 e. The summed E-state index contributed by atoms with van der Waals surface area (Å²) in [5, 5.41) is 2.86. The first-order chi connectivity index (χ1) is 11.3. The molecule has 1 aromatic carbocycles. The second-order valence-corrected chi connectivity index (χ2v) is 6.00. The van der Waals surface area contributed by atoms with E-state index in [4.69, 9.17) is 21.9 Å². The van der Waals surface area contributed by atoms with Crippen molar-refractivity contribution >= 4 is 11.9 Å². The first-order valence-electron chi connectivity index (χ1n) is 8.11. The molecule has 0 bridgehead atoms. The molecule has 0 aliphatic carbocycles. The summed E-state index contributed by atoms with van der Waals surface area (Å²) in [5.74, 6) is 0.711. The molecule has 0 saturated heterocycles. The standard InChI is InChI=1S/C17H29N5O2/c1-11-6-4-7-12(2)15(11)24-10-13(3)22-16(23)14(18)8-5-9-21-17(19)20/h4,6-7,13-14H,5,8-10,18H2,1-3H3,(H,22,23)(H4,19,20,21)/t13?,14-/m0/s1. The SMILES string of the molecule is Cc1cccc(C)c1OCC(C)NC(=O)[C@@H](N)CCCN=C(N)N. The Labute approximate surface area is 143 Å².